The van der Waals surface area contributed by atoms with Crippen molar-refractivity contribution in [2.45, 2.75) is 19.0 Å². The number of aromatic nitrogens is 2. The van der Waals surface area contributed by atoms with Gasteiger partial charge < -0.3 is 5.32 Å². The average Bonchev–Trinajstić information content (AvgIpc) is 2.41. The molecule has 0 aliphatic heterocycles. The number of halogens is 3. The van der Waals surface area contributed by atoms with E-state index in [9.17, 15) is 18.0 Å². The molecule has 7 heteroatoms. The maximum atomic E-state index is 12.0. The Kier molecular flexibility index (Phi) is 4.16. The summed E-state index contributed by atoms with van der Waals surface area (Å²) in [6.45, 7) is -0.0254. The topological polar surface area (TPSA) is 54.9 Å². The molecule has 0 aliphatic carbocycles. The zero-order chi connectivity index (χ0) is 14.6. The number of hydrogen-bond acceptors (Lipinski definition) is 3. The van der Waals surface area contributed by atoms with E-state index in [0.29, 0.717) is 16.5 Å². The average molecular weight is 283 g/mol. The van der Waals surface area contributed by atoms with Gasteiger partial charge in [0.2, 0.25) is 0 Å². The molecule has 0 bridgehead atoms. The van der Waals surface area contributed by atoms with Crippen LogP contribution in [-0.4, -0.2) is 28.6 Å². The molecule has 1 N–H and O–H groups in total. The molecule has 2 aromatic rings. The van der Waals surface area contributed by atoms with E-state index in [0.717, 1.165) is 0 Å². The molecule has 0 aliphatic rings. The fourth-order valence-corrected chi connectivity index (χ4v) is 1.77. The zero-order valence-electron chi connectivity index (χ0n) is 10.4. The van der Waals surface area contributed by atoms with Crippen molar-refractivity contribution in [2.24, 2.45) is 0 Å². The molecule has 0 atom stereocenters. The van der Waals surface area contributed by atoms with Crippen LogP contribution in [0.15, 0.2) is 30.7 Å². The molecule has 0 saturated carbocycles. The standard InChI is InChI=1S/C13H12F3N3O/c14-13(15,16)4-1-5-19-12(20)9-2-7-18-11-3-6-17-8-10(9)11/h2-3,6-8H,1,4-5H2,(H,19,20). The molecule has 2 heterocycles. The van der Waals surface area contributed by atoms with Gasteiger partial charge in [0.05, 0.1) is 11.1 Å². The molecule has 106 valence electrons. The van der Waals surface area contributed by atoms with Crippen molar-refractivity contribution >= 4 is 16.8 Å². The lowest BCUT2D eigenvalue weighted by atomic mass is 10.1. The van der Waals surface area contributed by atoms with E-state index in [1.807, 2.05) is 0 Å². The number of pyridine rings is 2. The largest absolute Gasteiger partial charge is 0.389 e. The van der Waals surface area contributed by atoms with Gasteiger partial charge in [0.1, 0.15) is 0 Å². The van der Waals surface area contributed by atoms with Crippen LogP contribution < -0.4 is 5.32 Å². The molecule has 2 rings (SSSR count). The molecule has 0 spiro atoms. The van der Waals surface area contributed by atoms with Gasteiger partial charge in [0.25, 0.3) is 5.91 Å². The van der Waals surface area contributed by atoms with Crippen LogP contribution >= 0.6 is 0 Å². The molecule has 0 fully saturated rings. The molecule has 1 amide bonds. The van der Waals surface area contributed by atoms with Crippen molar-refractivity contribution in [3.05, 3.63) is 36.3 Å². The van der Waals surface area contributed by atoms with Gasteiger partial charge in [-0.2, -0.15) is 13.2 Å². The monoisotopic (exact) mass is 283 g/mol. The predicted molar refractivity (Wildman–Crippen MR) is 67.2 cm³/mol. The van der Waals surface area contributed by atoms with Crippen molar-refractivity contribution in [1.82, 2.24) is 15.3 Å². The molecule has 20 heavy (non-hydrogen) atoms. The third-order valence-electron chi connectivity index (χ3n) is 2.71. The second kappa shape index (κ2) is 5.85. The minimum atomic E-state index is -4.20. The van der Waals surface area contributed by atoms with E-state index in [1.165, 1.54) is 18.5 Å². The highest BCUT2D eigenvalue weighted by molar-refractivity contribution is 6.05. The first-order chi connectivity index (χ1) is 9.47. The van der Waals surface area contributed by atoms with Gasteiger partial charge in [-0.25, -0.2) is 0 Å². The van der Waals surface area contributed by atoms with E-state index in [2.05, 4.69) is 15.3 Å². The Bertz CT molecular complexity index is 608. The summed E-state index contributed by atoms with van der Waals surface area (Å²) in [5, 5.41) is 3.04. The Morgan fingerprint density at radius 1 is 1.25 bits per heavy atom. The third-order valence-corrected chi connectivity index (χ3v) is 2.71. The van der Waals surface area contributed by atoms with E-state index in [4.69, 9.17) is 0 Å². The summed E-state index contributed by atoms with van der Waals surface area (Å²) in [6, 6.07) is 3.18. The summed E-state index contributed by atoms with van der Waals surface area (Å²) < 4.78 is 35.9. The summed E-state index contributed by atoms with van der Waals surface area (Å²) in [4.78, 5) is 19.9. The van der Waals surface area contributed by atoms with Crippen molar-refractivity contribution in [3.63, 3.8) is 0 Å². The first-order valence-electron chi connectivity index (χ1n) is 6.01. The summed E-state index contributed by atoms with van der Waals surface area (Å²) >= 11 is 0. The highest BCUT2D eigenvalue weighted by atomic mass is 19.4. The van der Waals surface area contributed by atoms with Gasteiger partial charge in [-0.1, -0.05) is 0 Å². The maximum absolute atomic E-state index is 12.0. The van der Waals surface area contributed by atoms with Crippen LogP contribution in [0.2, 0.25) is 0 Å². The number of alkyl halides is 3. The number of nitrogens with zero attached hydrogens (tertiary/aromatic N) is 2. The number of amides is 1. The van der Waals surface area contributed by atoms with E-state index in [-0.39, 0.29) is 13.0 Å². The van der Waals surface area contributed by atoms with Crippen molar-refractivity contribution in [2.75, 3.05) is 6.54 Å². The third kappa shape index (κ3) is 3.66. The van der Waals surface area contributed by atoms with Crippen molar-refractivity contribution < 1.29 is 18.0 Å². The molecule has 4 nitrogen and oxygen atoms in total. The van der Waals surface area contributed by atoms with Gasteiger partial charge >= 0.3 is 6.18 Å². The normalized spacial score (nSPS) is 11.6. The molecular weight excluding hydrogens is 271 g/mol. The second-order valence-electron chi connectivity index (χ2n) is 4.23. The summed E-state index contributed by atoms with van der Waals surface area (Å²) in [6.07, 6.45) is -0.708. The minimum absolute atomic E-state index is 0.0254. The van der Waals surface area contributed by atoms with Crippen LogP contribution in [0.4, 0.5) is 13.2 Å². The Labute approximate surface area is 113 Å². The molecule has 2 aromatic heterocycles. The maximum Gasteiger partial charge on any atom is 0.389 e. The lowest BCUT2D eigenvalue weighted by molar-refractivity contribution is -0.135. The number of fused-ring (bicyclic) bond motifs is 1. The summed E-state index contributed by atoms with van der Waals surface area (Å²) in [7, 11) is 0. The van der Waals surface area contributed by atoms with Gasteiger partial charge in [-0.15, -0.1) is 0 Å². The van der Waals surface area contributed by atoms with E-state index in [1.54, 1.807) is 12.3 Å². The molecule has 0 saturated heterocycles. The van der Waals surface area contributed by atoms with Crippen LogP contribution in [0, 0.1) is 0 Å². The quantitative estimate of drug-likeness (QED) is 0.878. The van der Waals surface area contributed by atoms with Crippen molar-refractivity contribution in [1.29, 1.82) is 0 Å². The number of nitrogens with one attached hydrogen (secondary N) is 1. The van der Waals surface area contributed by atoms with Crippen LogP contribution in [0.1, 0.15) is 23.2 Å². The Morgan fingerprint density at radius 3 is 2.80 bits per heavy atom. The number of carbonyl (C=O) groups is 1. The van der Waals surface area contributed by atoms with Crippen molar-refractivity contribution in [3.8, 4) is 0 Å². The van der Waals surface area contributed by atoms with Crippen LogP contribution in [0.3, 0.4) is 0 Å². The van der Waals surface area contributed by atoms with Gasteiger partial charge in [-0.05, 0) is 18.6 Å². The fraction of sp³-hybridized carbons (Fsp3) is 0.308. The number of hydrogen-bond donors (Lipinski definition) is 1. The van der Waals surface area contributed by atoms with E-state index < -0.39 is 18.5 Å². The molecule has 0 unspecified atom stereocenters. The lowest BCUT2D eigenvalue weighted by Gasteiger charge is -2.08. The minimum Gasteiger partial charge on any atom is -0.352 e. The first kappa shape index (κ1) is 14.2. The van der Waals surface area contributed by atoms with Gasteiger partial charge in [0.15, 0.2) is 0 Å². The van der Waals surface area contributed by atoms with Gasteiger partial charge in [0, 0.05) is 36.9 Å². The van der Waals surface area contributed by atoms with Crippen LogP contribution in [-0.2, 0) is 0 Å². The molecular formula is C13H12F3N3O. The van der Waals surface area contributed by atoms with E-state index >= 15 is 0 Å². The Balaban J connectivity index is 2.01. The molecule has 0 radical (unpaired) electrons. The zero-order valence-corrected chi connectivity index (χ0v) is 10.4. The van der Waals surface area contributed by atoms with Gasteiger partial charge in [-0.3, -0.25) is 14.8 Å². The summed E-state index contributed by atoms with van der Waals surface area (Å²) in [5.41, 5.74) is 0.970. The molecule has 0 aromatic carbocycles. The smallest absolute Gasteiger partial charge is 0.352 e. The fourth-order valence-electron chi connectivity index (χ4n) is 1.77. The highest BCUT2D eigenvalue weighted by Gasteiger charge is 2.26. The highest BCUT2D eigenvalue weighted by Crippen LogP contribution is 2.20. The summed E-state index contributed by atoms with van der Waals surface area (Å²) in [5.74, 6) is -0.424. The lowest BCUT2D eigenvalue weighted by Crippen LogP contribution is -2.25. The first-order valence-corrected chi connectivity index (χ1v) is 6.01. The SMILES string of the molecule is O=C(NCCCC(F)(F)F)c1ccnc2ccncc12. The predicted octanol–water partition coefficient (Wildman–Crippen LogP) is 2.70. The second-order valence-corrected chi connectivity index (χ2v) is 4.23. The number of carbonyl (C=O) groups excluding carboxylic acids is 1. The Morgan fingerprint density at radius 2 is 2.05 bits per heavy atom. The Hall–Kier alpha value is -2.18. The van der Waals surface area contributed by atoms with Crippen LogP contribution in [0.25, 0.3) is 10.9 Å². The van der Waals surface area contributed by atoms with Crippen LogP contribution in [0.5, 0.6) is 0 Å². The number of rotatable bonds is 4.